The maximum absolute atomic E-state index is 10.5. The van der Waals surface area contributed by atoms with E-state index in [-0.39, 0.29) is 6.54 Å². The monoisotopic (exact) mass is 225 g/mol. The van der Waals surface area contributed by atoms with Crippen LogP contribution in [0.1, 0.15) is 5.56 Å². The Balaban J connectivity index is 2.90. The molecule has 1 heterocycles. The summed E-state index contributed by atoms with van der Waals surface area (Å²) in [4.78, 5) is 14.4. The predicted molar refractivity (Wildman–Crippen MR) is 60.7 cm³/mol. The Hall–Kier alpha value is -2.05. The zero-order chi connectivity index (χ0) is 12.1. The third kappa shape index (κ3) is 2.97. The number of nitrogens with one attached hydrogen (secondary N) is 1. The van der Waals surface area contributed by atoms with Gasteiger partial charge in [0, 0.05) is 32.3 Å². The van der Waals surface area contributed by atoms with Crippen molar-refractivity contribution >= 4 is 17.6 Å². The van der Waals surface area contributed by atoms with Crippen molar-refractivity contribution in [2.45, 2.75) is 13.0 Å². The van der Waals surface area contributed by atoms with Crippen LogP contribution in [0.3, 0.4) is 0 Å². The van der Waals surface area contributed by atoms with Crippen LogP contribution >= 0.6 is 0 Å². The lowest BCUT2D eigenvalue weighted by Gasteiger charge is -1.99. The number of carboxylic acids is 1. The van der Waals surface area contributed by atoms with Gasteiger partial charge in [-0.3, -0.25) is 14.5 Å². The van der Waals surface area contributed by atoms with E-state index in [0.717, 1.165) is 5.56 Å². The number of nitrogens with zero attached hydrogens (tertiary/aromatic N) is 3. The smallest absolute Gasteiger partial charge is 0.325 e. The molecule has 0 radical (unpaired) electrons. The number of rotatable bonds is 5. The van der Waals surface area contributed by atoms with Crippen molar-refractivity contribution in [1.82, 2.24) is 9.78 Å². The number of hydrogen-bond acceptors (Lipinski definition) is 4. The number of anilines is 1. The van der Waals surface area contributed by atoms with Crippen molar-refractivity contribution in [3.63, 3.8) is 0 Å². The summed E-state index contributed by atoms with van der Waals surface area (Å²) in [5, 5.41) is 15.6. The van der Waals surface area contributed by atoms with E-state index in [1.165, 1.54) is 4.68 Å². The molecule has 7 nitrogen and oxygen atoms in total. The van der Waals surface area contributed by atoms with Crippen molar-refractivity contribution in [2.24, 2.45) is 10.7 Å². The summed E-state index contributed by atoms with van der Waals surface area (Å²) in [5.74, 6) is 0.160. The third-order valence-electron chi connectivity index (χ3n) is 2.03. The second-order valence-corrected chi connectivity index (χ2v) is 3.24. The highest BCUT2D eigenvalue weighted by molar-refractivity contribution is 5.83. The molecule has 0 amide bonds. The summed E-state index contributed by atoms with van der Waals surface area (Å²) in [7, 11) is 3.33. The van der Waals surface area contributed by atoms with E-state index in [0.29, 0.717) is 18.1 Å². The first kappa shape index (κ1) is 12.0. The molecule has 0 aliphatic carbocycles. The molecular weight excluding hydrogens is 210 g/mol. The molecule has 88 valence electrons. The second-order valence-electron chi connectivity index (χ2n) is 3.24. The van der Waals surface area contributed by atoms with Gasteiger partial charge in [0.15, 0.2) is 5.82 Å². The van der Waals surface area contributed by atoms with E-state index in [9.17, 15) is 4.79 Å². The number of aromatic nitrogens is 2. The molecule has 0 spiro atoms. The molecule has 1 aromatic heterocycles. The Bertz CT molecular complexity index is 410. The van der Waals surface area contributed by atoms with E-state index >= 15 is 0 Å². The lowest BCUT2D eigenvalue weighted by Crippen LogP contribution is -2.15. The van der Waals surface area contributed by atoms with Gasteiger partial charge in [0.1, 0.15) is 6.54 Å². The van der Waals surface area contributed by atoms with Gasteiger partial charge in [-0.1, -0.05) is 0 Å². The number of aliphatic imine (C=N–C) groups is 1. The quantitative estimate of drug-likeness (QED) is 0.464. The third-order valence-corrected chi connectivity index (χ3v) is 2.03. The Kier molecular flexibility index (Phi) is 3.87. The fraction of sp³-hybridized carbons (Fsp3) is 0.444. The average Bonchev–Trinajstić information content (AvgIpc) is 2.59. The molecule has 4 N–H and O–H groups in total. The van der Waals surface area contributed by atoms with Crippen LogP contribution in [0.2, 0.25) is 0 Å². The molecular formula is C9H15N5O2. The number of amidine groups is 1. The first-order valence-electron chi connectivity index (χ1n) is 4.73. The summed E-state index contributed by atoms with van der Waals surface area (Å²) in [5.41, 5.74) is 6.43. The molecule has 1 aromatic rings. The molecule has 7 heteroatoms. The Labute approximate surface area is 93.0 Å². The van der Waals surface area contributed by atoms with E-state index in [1.54, 1.807) is 20.3 Å². The standard InChI is InChI=1S/C9H15N5O2/c1-11-7(10)3-6-4-14(5-8(15)16)13-9(6)12-2/h4H,3,5H2,1-2H3,(H2,10,11)(H,12,13)(H,15,16). The lowest BCUT2D eigenvalue weighted by molar-refractivity contribution is -0.137. The molecule has 0 aliphatic heterocycles. The van der Waals surface area contributed by atoms with Crippen LogP contribution in [0.4, 0.5) is 5.82 Å². The minimum atomic E-state index is -0.936. The summed E-state index contributed by atoms with van der Waals surface area (Å²) >= 11 is 0. The van der Waals surface area contributed by atoms with Gasteiger partial charge >= 0.3 is 5.97 Å². The van der Waals surface area contributed by atoms with Crippen LogP contribution in [-0.2, 0) is 17.8 Å². The summed E-state index contributed by atoms with van der Waals surface area (Å²) in [6, 6.07) is 0. The van der Waals surface area contributed by atoms with E-state index in [2.05, 4.69) is 15.4 Å². The summed E-state index contributed by atoms with van der Waals surface area (Å²) in [6.45, 7) is -0.169. The molecule has 0 saturated heterocycles. The van der Waals surface area contributed by atoms with E-state index < -0.39 is 5.97 Å². The normalized spacial score (nSPS) is 11.5. The molecule has 0 atom stereocenters. The van der Waals surface area contributed by atoms with Gasteiger partial charge in [-0.15, -0.1) is 0 Å². The van der Waals surface area contributed by atoms with Crippen molar-refractivity contribution in [3.8, 4) is 0 Å². The van der Waals surface area contributed by atoms with Crippen molar-refractivity contribution in [3.05, 3.63) is 11.8 Å². The molecule has 0 unspecified atom stereocenters. The average molecular weight is 225 g/mol. The Morgan fingerprint density at radius 1 is 1.75 bits per heavy atom. The zero-order valence-corrected chi connectivity index (χ0v) is 9.27. The number of carboxylic acid groups (broad SMARTS) is 1. The lowest BCUT2D eigenvalue weighted by atomic mass is 10.2. The Morgan fingerprint density at radius 3 is 2.94 bits per heavy atom. The number of hydrogen-bond donors (Lipinski definition) is 3. The van der Waals surface area contributed by atoms with E-state index in [4.69, 9.17) is 10.8 Å². The highest BCUT2D eigenvalue weighted by Crippen LogP contribution is 2.13. The van der Waals surface area contributed by atoms with Crippen molar-refractivity contribution in [1.29, 1.82) is 0 Å². The minimum Gasteiger partial charge on any atom is -0.480 e. The molecule has 0 aromatic carbocycles. The van der Waals surface area contributed by atoms with Gasteiger partial charge in [0.05, 0.1) is 5.84 Å². The number of aliphatic carboxylic acids is 1. The van der Waals surface area contributed by atoms with Gasteiger partial charge < -0.3 is 16.2 Å². The van der Waals surface area contributed by atoms with Gasteiger partial charge in [-0.25, -0.2) is 0 Å². The van der Waals surface area contributed by atoms with E-state index in [1.807, 2.05) is 0 Å². The fourth-order valence-corrected chi connectivity index (χ4v) is 1.30. The van der Waals surface area contributed by atoms with Crippen LogP contribution in [0.25, 0.3) is 0 Å². The SMILES string of the molecule is CN=C(N)Cc1cn(CC(=O)O)nc1NC. The highest BCUT2D eigenvalue weighted by atomic mass is 16.4. The first-order chi connectivity index (χ1) is 7.56. The second kappa shape index (κ2) is 5.15. The molecule has 0 saturated carbocycles. The summed E-state index contributed by atoms with van der Waals surface area (Å²) in [6.07, 6.45) is 2.10. The van der Waals surface area contributed by atoms with Gasteiger partial charge in [-0.2, -0.15) is 5.10 Å². The molecule has 0 fully saturated rings. The van der Waals surface area contributed by atoms with Gasteiger partial charge in [0.2, 0.25) is 0 Å². The highest BCUT2D eigenvalue weighted by Gasteiger charge is 2.10. The van der Waals surface area contributed by atoms with Crippen molar-refractivity contribution < 1.29 is 9.90 Å². The molecule has 0 bridgehead atoms. The first-order valence-corrected chi connectivity index (χ1v) is 4.73. The molecule has 0 aliphatic rings. The van der Waals surface area contributed by atoms with Crippen molar-refractivity contribution in [2.75, 3.05) is 19.4 Å². The zero-order valence-electron chi connectivity index (χ0n) is 9.27. The van der Waals surface area contributed by atoms with Crippen LogP contribution in [0.15, 0.2) is 11.2 Å². The van der Waals surface area contributed by atoms with Gasteiger partial charge in [0.25, 0.3) is 0 Å². The molecule has 16 heavy (non-hydrogen) atoms. The maximum Gasteiger partial charge on any atom is 0.325 e. The van der Waals surface area contributed by atoms with Crippen LogP contribution in [0.5, 0.6) is 0 Å². The fourth-order valence-electron chi connectivity index (χ4n) is 1.30. The van der Waals surface area contributed by atoms with Crippen LogP contribution < -0.4 is 11.1 Å². The van der Waals surface area contributed by atoms with Crippen LogP contribution in [-0.4, -0.2) is 40.8 Å². The predicted octanol–water partition coefficient (Wildman–Crippen LogP) is -0.461. The van der Waals surface area contributed by atoms with Gasteiger partial charge in [-0.05, 0) is 0 Å². The maximum atomic E-state index is 10.5. The number of nitrogens with two attached hydrogens (primary N) is 1. The molecule has 1 rings (SSSR count). The Morgan fingerprint density at radius 2 is 2.44 bits per heavy atom. The number of carbonyl (C=O) groups is 1. The largest absolute Gasteiger partial charge is 0.480 e. The summed E-state index contributed by atoms with van der Waals surface area (Å²) < 4.78 is 1.35. The topological polar surface area (TPSA) is 106 Å². The minimum absolute atomic E-state index is 0.169. The van der Waals surface area contributed by atoms with Crippen LogP contribution in [0, 0.1) is 0 Å².